The Morgan fingerprint density at radius 2 is 1.81 bits per heavy atom. The van der Waals surface area contributed by atoms with Gasteiger partial charge >= 0.3 is 0 Å². The Balaban J connectivity index is 1.60. The lowest BCUT2D eigenvalue weighted by molar-refractivity contribution is 0.122. The van der Waals surface area contributed by atoms with E-state index in [-0.39, 0.29) is 0 Å². The molecule has 0 aliphatic carbocycles. The van der Waals surface area contributed by atoms with Gasteiger partial charge in [0, 0.05) is 53.9 Å². The van der Waals surface area contributed by atoms with E-state index in [1.165, 1.54) is 0 Å². The molecule has 5 heterocycles. The summed E-state index contributed by atoms with van der Waals surface area (Å²) in [6.07, 6.45) is 6.92. The molecule has 182 valence electrons. The molecule has 1 saturated heterocycles. The lowest BCUT2D eigenvalue weighted by Crippen LogP contribution is -2.36. The van der Waals surface area contributed by atoms with Crippen molar-refractivity contribution < 1.29 is 4.74 Å². The Morgan fingerprint density at radius 3 is 2.62 bits per heavy atom. The van der Waals surface area contributed by atoms with Crippen molar-refractivity contribution >= 4 is 39.2 Å². The number of aromatic nitrogens is 7. The Labute approximate surface area is 216 Å². The summed E-state index contributed by atoms with van der Waals surface area (Å²) in [5.41, 5.74) is 6.31. The molecule has 0 atom stereocenters. The highest BCUT2D eigenvalue weighted by molar-refractivity contribution is 6.35. The lowest BCUT2D eigenvalue weighted by Gasteiger charge is -2.29. The summed E-state index contributed by atoms with van der Waals surface area (Å²) < 4.78 is 7.79. The van der Waals surface area contributed by atoms with Gasteiger partial charge in [-0.2, -0.15) is 0 Å². The molecule has 0 saturated carbocycles. The van der Waals surface area contributed by atoms with E-state index >= 15 is 0 Å². The van der Waals surface area contributed by atoms with Gasteiger partial charge < -0.3 is 14.6 Å². The molecule has 4 aromatic heterocycles. The van der Waals surface area contributed by atoms with Gasteiger partial charge in [0.1, 0.15) is 17.7 Å². The van der Waals surface area contributed by atoms with Gasteiger partial charge in [0.25, 0.3) is 0 Å². The number of pyridine rings is 2. The zero-order chi connectivity index (χ0) is 24.8. The molecule has 0 spiro atoms. The lowest BCUT2D eigenvalue weighted by atomic mass is 10.1. The first-order chi connectivity index (χ1) is 18.3. The van der Waals surface area contributed by atoms with E-state index < -0.39 is 0 Å². The van der Waals surface area contributed by atoms with Gasteiger partial charge in [-0.25, -0.2) is 4.98 Å². The topological polar surface area (TPSA) is 97.6 Å². The highest BCUT2D eigenvalue weighted by atomic mass is 35.5. The summed E-state index contributed by atoms with van der Waals surface area (Å²) in [6.45, 7) is 2.98. The number of anilines is 1. The van der Waals surface area contributed by atoms with Crippen LogP contribution in [0.25, 0.3) is 50.4 Å². The highest BCUT2D eigenvalue weighted by Gasteiger charge is 2.23. The molecule has 9 nitrogen and oxygen atoms in total. The molecule has 1 fully saturated rings. The number of halogens is 1. The fourth-order valence-corrected chi connectivity index (χ4v) is 5.17. The summed E-state index contributed by atoms with van der Waals surface area (Å²) in [4.78, 5) is 19.5. The fraction of sp³-hybridized carbons (Fsp3) is 0.148. The van der Waals surface area contributed by atoms with Gasteiger partial charge in [0.05, 0.1) is 35.0 Å². The zero-order valence-corrected chi connectivity index (χ0v) is 20.4. The average Bonchev–Trinajstić information content (AvgIpc) is 3.62. The second-order valence-electron chi connectivity index (χ2n) is 8.77. The number of hydrogen-bond acceptors (Lipinski definition) is 7. The van der Waals surface area contributed by atoms with Gasteiger partial charge in [-0.3, -0.25) is 14.5 Å². The van der Waals surface area contributed by atoms with Crippen molar-refractivity contribution in [3.05, 3.63) is 78.5 Å². The molecule has 0 radical (unpaired) electrons. The second-order valence-corrected chi connectivity index (χ2v) is 9.18. The first kappa shape index (κ1) is 21.9. The van der Waals surface area contributed by atoms with E-state index in [0.29, 0.717) is 24.1 Å². The van der Waals surface area contributed by atoms with Crippen LogP contribution in [0.5, 0.6) is 0 Å². The number of fused-ring (bicyclic) bond motifs is 2. The van der Waals surface area contributed by atoms with Crippen LogP contribution in [0, 0.1) is 0 Å². The maximum Gasteiger partial charge on any atom is 0.163 e. The molecule has 6 aromatic rings. The number of imidazole rings is 1. The molecule has 7 rings (SSSR count). The predicted molar refractivity (Wildman–Crippen MR) is 143 cm³/mol. The largest absolute Gasteiger partial charge is 0.378 e. The molecule has 2 aromatic carbocycles. The van der Waals surface area contributed by atoms with E-state index in [1.807, 2.05) is 36.4 Å². The van der Waals surface area contributed by atoms with Crippen molar-refractivity contribution in [1.29, 1.82) is 0 Å². The second kappa shape index (κ2) is 8.95. The third kappa shape index (κ3) is 3.71. The summed E-state index contributed by atoms with van der Waals surface area (Å²) in [7, 11) is 0. The van der Waals surface area contributed by atoms with Crippen LogP contribution in [0.1, 0.15) is 0 Å². The van der Waals surface area contributed by atoms with Crippen molar-refractivity contribution in [3.8, 4) is 28.5 Å². The van der Waals surface area contributed by atoms with Crippen LogP contribution in [0.3, 0.4) is 0 Å². The van der Waals surface area contributed by atoms with E-state index in [2.05, 4.69) is 46.7 Å². The number of para-hydroxylation sites is 1. The first-order valence-electron chi connectivity index (χ1n) is 12.0. The molecular weight excluding hydrogens is 488 g/mol. The maximum absolute atomic E-state index is 6.55. The van der Waals surface area contributed by atoms with E-state index in [9.17, 15) is 0 Å². The molecule has 10 heteroatoms. The van der Waals surface area contributed by atoms with Crippen LogP contribution in [0.15, 0.2) is 73.4 Å². The summed E-state index contributed by atoms with van der Waals surface area (Å²) in [5, 5.41) is 9.91. The van der Waals surface area contributed by atoms with E-state index in [1.54, 1.807) is 24.9 Å². The van der Waals surface area contributed by atoms with Crippen molar-refractivity contribution in [2.24, 2.45) is 0 Å². The minimum Gasteiger partial charge on any atom is -0.378 e. The number of aromatic amines is 1. The number of ether oxygens (including phenoxy) is 1. The quantitative estimate of drug-likeness (QED) is 0.361. The van der Waals surface area contributed by atoms with Crippen molar-refractivity contribution in [1.82, 2.24) is 34.7 Å². The van der Waals surface area contributed by atoms with Crippen LogP contribution in [-0.2, 0) is 4.74 Å². The highest BCUT2D eigenvalue weighted by Crippen LogP contribution is 2.38. The summed E-state index contributed by atoms with van der Waals surface area (Å²) >= 11 is 6.55. The van der Waals surface area contributed by atoms with Crippen molar-refractivity contribution in [3.63, 3.8) is 0 Å². The van der Waals surface area contributed by atoms with Gasteiger partial charge in [-0.1, -0.05) is 23.7 Å². The predicted octanol–water partition coefficient (Wildman–Crippen LogP) is 4.91. The average molecular weight is 509 g/mol. The molecule has 0 unspecified atom stereocenters. The van der Waals surface area contributed by atoms with Crippen LogP contribution in [-0.4, -0.2) is 61.0 Å². The standard InChI is InChI=1S/C27H21ClN8O/c28-21-3-1-2-19-22(6-9-30-24(19)21)36-23-15-18(35-10-12-37-13-11-35)14-20(26-31-16-32-34-26)25(23)33-27(36)17-4-7-29-8-5-17/h1-9,14-16H,10-13H2,(H,31,32,34). The molecular formula is C27H21ClN8O. The van der Waals surface area contributed by atoms with Crippen molar-refractivity contribution in [2.75, 3.05) is 31.2 Å². The normalized spacial score (nSPS) is 14.0. The molecule has 1 aliphatic rings. The Morgan fingerprint density at radius 1 is 0.946 bits per heavy atom. The van der Waals surface area contributed by atoms with Gasteiger partial charge in [0.15, 0.2) is 5.82 Å². The number of hydrogen-bond donors (Lipinski definition) is 1. The number of morpholine rings is 1. The molecule has 37 heavy (non-hydrogen) atoms. The molecule has 1 aliphatic heterocycles. The Hall–Kier alpha value is -4.34. The third-order valence-electron chi connectivity index (χ3n) is 6.67. The Kier molecular flexibility index (Phi) is 5.30. The monoisotopic (exact) mass is 508 g/mol. The number of H-pyrrole nitrogens is 1. The smallest absolute Gasteiger partial charge is 0.163 e. The van der Waals surface area contributed by atoms with E-state index in [0.717, 1.165) is 63.4 Å². The minimum absolute atomic E-state index is 0.602. The van der Waals surface area contributed by atoms with Gasteiger partial charge in [0.2, 0.25) is 0 Å². The molecule has 0 amide bonds. The van der Waals surface area contributed by atoms with Crippen LogP contribution in [0.4, 0.5) is 5.69 Å². The SMILES string of the molecule is Clc1cccc2c(-n3c(-c4ccncc4)nc4c(-c5nnc[nH]5)cc(N5CCOCC5)cc43)ccnc12. The summed E-state index contributed by atoms with van der Waals surface area (Å²) in [6, 6.07) is 16.1. The van der Waals surface area contributed by atoms with Crippen LogP contribution >= 0.6 is 11.6 Å². The number of nitrogens with one attached hydrogen (secondary N) is 1. The Bertz CT molecular complexity index is 1730. The third-order valence-corrected chi connectivity index (χ3v) is 6.98. The number of rotatable bonds is 4. The maximum atomic E-state index is 6.55. The van der Waals surface area contributed by atoms with Gasteiger partial charge in [-0.05, 0) is 36.4 Å². The zero-order valence-electron chi connectivity index (χ0n) is 19.7. The summed E-state index contributed by atoms with van der Waals surface area (Å²) in [5.74, 6) is 1.44. The molecule has 1 N–H and O–H groups in total. The van der Waals surface area contributed by atoms with Crippen molar-refractivity contribution in [2.45, 2.75) is 0 Å². The number of nitrogens with zero attached hydrogens (tertiary/aromatic N) is 7. The molecule has 0 bridgehead atoms. The van der Waals surface area contributed by atoms with Crippen LogP contribution < -0.4 is 4.90 Å². The van der Waals surface area contributed by atoms with E-state index in [4.69, 9.17) is 21.3 Å². The minimum atomic E-state index is 0.602. The fourth-order valence-electron chi connectivity index (χ4n) is 4.94. The van der Waals surface area contributed by atoms with Crippen LogP contribution in [0.2, 0.25) is 5.02 Å². The van der Waals surface area contributed by atoms with Gasteiger partial charge in [-0.15, -0.1) is 10.2 Å². The first-order valence-corrected chi connectivity index (χ1v) is 12.4. The number of benzene rings is 2.